The third kappa shape index (κ3) is 9.11. The van der Waals surface area contributed by atoms with Crippen LogP contribution in [0.25, 0.3) is 0 Å². The standard InChI is InChI=1S/C17H30N4O4/c1-14-6-11-25-15(14)16(22)19-7-4-8-20-17(18-2)21-9-5-10-24-13-12-23-3/h6,11H,4-5,7-10,12-13H2,1-3H3,(H,19,22)(H2,18,20,21). The molecule has 0 unspecified atom stereocenters. The average Bonchev–Trinajstić information content (AvgIpc) is 3.04. The van der Waals surface area contributed by atoms with Crippen LogP contribution in [0.15, 0.2) is 21.7 Å². The van der Waals surface area contributed by atoms with Gasteiger partial charge in [0.15, 0.2) is 11.7 Å². The van der Waals surface area contributed by atoms with Crippen LogP contribution in [0.2, 0.25) is 0 Å². The van der Waals surface area contributed by atoms with Gasteiger partial charge in [0.05, 0.1) is 19.5 Å². The lowest BCUT2D eigenvalue weighted by molar-refractivity contribution is 0.0698. The van der Waals surface area contributed by atoms with Gasteiger partial charge in [0.25, 0.3) is 5.91 Å². The molecule has 0 aromatic carbocycles. The molecule has 8 nitrogen and oxygen atoms in total. The molecule has 0 fully saturated rings. The summed E-state index contributed by atoms with van der Waals surface area (Å²) in [5.74, 6) is 0.932. The van der Waals surface area contributed by atoms with Crippen molar-refractivity contribution in [2.45, 2.75) is 19.8 Å². The quantitative estimate of drug-likeness (QED) is 0.293. The summed E-state index contributed by atoms with van der Waals surface area (Å²) in [5, 5.41) is 9.25. The fraction of sp³-hybridized carbons (Fsp3) is 0.647. The number of amides is 1. The molecule has 1 aromatic heterocycles. The second-order valence-corrected chi connectivity index (χ2v) is 5.43. The van der Waals surface area contributed by atoms with E-state index in [4.69, 9.17) is 13.9 Å². The number of rotatable bonds is 12. The maximum atomic E-state index is 11.9. The number of aliphatic imine (C=N–C) groups is 1. The number of furan rings is 1. The number of carbonyl (C=O) groups excluding carboxylic acids is 1. The Morgan fingerprint density at radius 3 is 2.48 bits per heavy atom. The third-order valence-electron chi connectivity index (χ3n) is 3.41. The number of hydrogen-bond acceptors (Lipinski definition) is 5. The normalized spacial score (nSPS) is 11.4. The zero-order chi connectivity index (χ0) is 18.3. The molecule has 1 heterocycles. The molecule has 25 heavy (non-hydrogen) atoms. The monoisotopic (exact) mass is 354 g/mol. The van der Waals surface area contributed by atoms with Crippen molar-refractivity contribution < 1.29 is 18.7 Å². The van der Waals surface area contributed by atoms with Gasteiger partial charge in [0, 0.05) is 46.0 Å². The summed E-state index contributed by atoms with van der Waals surface area (Å²) in [7, 11) is 3.38. The first-order chi connectivity index (χ1) is 12.2. The van der Waals surface area contributed by atoms with E-state index in [1.807, 2.05) is 6.92 Å². The van der Waals surface area contributed by atoms with E-state index in [1.165, 1.54) is 6.26 Å². The molecule has 8 heteroatoms. The van der Waals surface area contributed by atoms with Gasteiger partial charge in [-0.2, -0.15) is 0 Å². The van der Waals surface area contributed by atoms with E-state index in [0.717, 1.165) is 30.9 Å². The molecule has 142 valence electrons. The number of aryl methyl sites for hydroxylation is 1. The molecule has 0 saturated heterocycles. The lowest BCUT2D eigenvalue weighted by atomic mass is 10.2. The highest BCUT2D eigenvalue weighted by molar-refractivity contribution is 5.92. The van der Waals surface area contributed by atoms with E-state index >= 15 is 0 Å². The highest BCUT2D eigenvalue weighted by atomic mass is 16.5. The van der Waals surface area contributed by atoms with E-state index in [-0.39, 0.29) is 5.91 Å². The molecule has 3 N–H and O–H groups in total. The van der Waals surface area contributed by atoms with Gasteiger partial charge in [0.1, 0.15) is 0 Å². The minimum Gasteiger partial charge on any atom is -0.459 e. The second kappa shape index (κ2) is 13.3. The van der Waals surface area contributed by atoms with Crippen LogP contribution in [-0.2, 0) is 9.47 Å². The van der Waals surface area contributed by atoms with Gasteiger partial charge in [-0.05, 0) is 25.8 Å². The maximum absolute atomic E-state index is 11.9. The Morgan fingerprint density at radius 1 is 1.12 bits per heavy atom. The Morgan fingerprint density at radius 2 is 1.84 bits per heavy atom. The molecule has 0 spiro atoms. The Labute approximate surface area is 149 Å². The molecule has 1 aromatic rings. The number of hydrogen-bond donors (Lipinski definition) is 3. The van der Waals surface area contributed by atoms with Crippen LogP contribution in [0.5, 0.6) is 0 Å². The van der Waals surface area contributed by atoms with Gasteiger partial charge < -0.3 is 29.8 Å². The van der Waals surface area contributed by atoms with Crippen molar-refractivity contribution in [3.63, 3.8) is 0 Å². The maximum Gasteiger partial charge on any atom is 0.287 e. The lowest BCUT2D eigenvalue weighted by Gasteiger charge is -2.12. The predicted molar refractivity (Wildman–Crippen MR) is 97.1 cm³/mol. The number of methoxy groups -OCH3 is 1. The molecule has 0 saturated carbocycles. The third-order valence-corrected chi connectivity index (χ3v) is 3.41. The minimum absolute atomic E-state index is 0.182. The molecule has 1 rings (SSSR count). The van der Waals surface area contributed by atoms with Crippen LogP contribution in [0.3, 0.4) is 0 Å². The molecule has 0 radical (unpaired) electrons. The van der Waals surface area contributed by atoms with Crippen LogP contribution < -0.4 is 16.0 Å². The van der Waals surface area contributed by atoms with Gasteiger partial charge >= 0.3 is 0 Å². The van der Waals surface area contributed by atoms with Gasteiger partial charge in [-0.15, -0.1) is 0 Å². The SMILES string of the molecule is CN=C(NCCCNC(=O)c1occc1C)NCCCOCCOC. The van der Waals surface area contributed by atoms with Crippen molar-refractivity contribution in [3.8, 4) is 0 Å². The zero-order valence-electron chi connectivity index (χ0n) is 15.4. The average molecular weight is 354 g/mol. The fourth-order valence-electron chi connectivity index (χ4n) is 2.03. The minimum atomic E-state index is -0.182. The van der Waals surface area contributed by atoms with Gasteiger partial charge in [-0.1, -0.05) is 0 Å². The van der Waals surface area contributed by atoms with Crippen LogP contribution in [0, 0.1) is 6.92 Å². The molecule has 0 atom stereocenters. The van der Waals surface area contributed by atoms with Crippen molar-refractivity contribution in [2.75, 3.05) is 53.6 Å². The van der Waals surface area contributed by atoms with Crippen LogP contribution in [0.4, 0.5) is 0 Å². The zero-order valence-corrected chi connectivity index (χ0v) is 15.4. The van der Waals surface area contributed by atoms with Crippen LogP contribution in [-0.4, -0.2) is 65.5 Å². The van der Waals surface area contributed by atoms with Crippen LogP contribution >= 0.6 is 0 Å². The topological polar surface area (TPSA) is 97.1 Å². The Hall–Kier alpha value is -2.06. The summed E-state index contributed by atoms with van der Waals surface area (Å²) in [6.07, 6.45) is 3.19. The van der Waals surface area contributed by atoms with Crippen molar-refractivity contribution in [1.82, 2.24) is 16.0 Å². The summed E-state index contributed by atoms with van der Waals surface area (Å²) >= 11 is 0. The van der Waals surface area contributed by atoms with Gasteiger partial charge in [-0.3, -0.25) is 9.79 Å². The molecule has 1 amide bonds. The highest BCUT2D eigenvalue weighted by Gasteiger charge is 2.11. The lowest BCUT2D eigenvalue weighted by Crippen LogP contribution is -2.39. The molecule has 0 aliphatic carbocycles. The van der Waals surface area contributed by atoms with Gasteiger partial charge in [0.2, 0.25) is 0 Å². The Kier molecular flexibility index (Phi) is 11.1. The van der Waals surface area contributed by atoms with Crippen molar-refractivity contribution in [3.05, 3.63) is 23.7 Å². The summed E-state index contributed by atoms with van der Waals surface area (Å²) in [4.78, 5) is 16.0. The molecular formula is C17H30N4O4. The summed E-state index contributed by atoms with van der Waals surface area (Å²) < 4.78 is 15.4. The Balaban J connectivity index is 2.03. The van der Waals surface area contributed by atoms with E-state index in [0.29, 0.717) is 38.7 Å². The number of guanidine groups is 1. The highest BCUT2D eigenvalue weighted by Crippen LogP contribution is 2.07. The number of carbonyl (C=O) groups is 1. The van der Waals surface area contributed by atoms with Crippen LogP contribution in [0.1, 0.15) is 29.0 Å². The van der Waals surface area contributed by atoms with E-state index in [2.05, 4.69) is 20.9 Å². The van der Waals surface area contributed by atoms with Gasteiger partial charge in [-0.25, -0.2) is 0 Å². The van der Waals surface area contributed by atoms with E-state index in [9.17, 15) is 4.79 Å². The molecule has 0 aliphatic heterocycles. The molecule has 0 aliphatic rings. The fourth-order valence-corrected chi connectivity index (χ4v) is 2.03. The predicted octanol–water partition coefficient (Wildman–Crippen LogP) is 0.926. The van der Waals surface area contributed by atoms with Crippen molar-refractivity contribution in [2.24, 2.45) is 4.99 Å². The Bertz CT molecular complexity index is 517. The van der Waals surface area contributed by atoms with E-state index < -0.39 is 0 Å². The number of nitrogens with zero attached hydrogens (tertiary/aromatic N) is 1. The first-order valence-electron chi connectivity index (χ1n) is 8.52. The summed E-state index contributed by atoms with van der Waals surface area (Å²) in [6.45, 7) is 5.82. The van der Waals surface area contributed by atoms with Crippen molar-refractivity contribution >= 4 is 11.9 Å². The smallest absolute Gasteiger partial charge is 0.287 e. The largest absolute Gasteiger partial charge is 0.459 e. The number of ether oxygens (including phenoxy) is 2. The summed E-state index contributed by atoms with van der Waals surface area (Å²) in [5.41, 5.74) is 0.839. The molecular weight excluding hydrogens is 324 g/mol. The second-order valence-electron chi connectivity index (χ2n) is 5.43. The first-order valence-corrected chi connectivity index (χ1v) is 8.52. The van der Waals surface area contributed by atoms with Crippen molar-refractivity contribution in [1.29, 1.82) is 0 Å². The molecule has 0 bridgehead atoms. The van der Waals surface area contributed by atoms with E-state index in [1.54, 1.807) is 20.2 Å². The number of nitrogens with one attached hydrogen (secondary N) is 3. The summed E-state index contributed by atoms with van der Waals surface area (Å²) in [6, 6.07) is 1.77. The first kappa shape index (κ1) is 21.0.